The molecule has 1 heterocycles. The fourth-order valence-corrected chi connectivity index (χ4v) is 3.10. The molecule has 0 saturated carbocycles. The van der Waals surface area contributed by atoms with Gasteiger partial charge in [0.25, 0.3) is 0 Å². The van der Waals surface area contributed by atoms with Crippen molar-refractivity contribution in [3.8, 4) is 5.75 Å². The van der Waals surface area contributed by atoms with Crippen LogP contribution in [0.25, 0.3) is 0 Å². The van der Waals surface area contributed by atoms with Crippen LogP contribution in [0.3, 0.4) is 0 Å². The van der Waals surface area contributed by atoms with Gasteiger partial charge in [0, 0.05) is 24.7 Å². The van der Waals surface area contributed by atoms with E-state index in [0.29, 0.717) is 19.8 Å². The molecule has 1 amide bonds. The van der Waals surface area contributed by atoms with Crippen LogP contribution in [0.1, 0.15) is 50.8 Å². The van der Waals surface area contributed by atoms with Crippen molar-refractivity contribution in [1.29, 1.82) is 0 Å². The molecule has 0 fully saturated rings. The predicted octanol–water partition coefficient (Wildman–Crippen LogP) is 3.49. The Morgan fingerprint density at radius 1 is 1.25 bits per heavy atom. The molecule has 0 saturated heterocycles. The molecule has 1 aromatic rings. The highest BCUT2D eigenvalue weighted by Gasteiger charge is 2.28. The molecule has 1 unspecified atom stereocenters. The normalized spacial score (nSPS) is 16.7. The summed E-state index contributed by atoms with van der Waals surface area (Å²) in [6.45, 7) is 11.5. The second-order valence-corrected chi connectivity index (χ2v) is 6.22. The van der Waals surface area contributed by atoms with Gasteiger partial charge in [0.05, 0.1) is 13.2 Å². The minimum Gasteiger partial charge on any atom is -0.494 e. The molecule has 24 heavy (non-hydrogen) atoms. The van der Waals surface area contributed by atoms with Gasteiger partial charge in [-0.05, 0) is 57.4 Å². The molecule has 1 aliphatic rings. The number of rotatable bonds is 7. The number of ether oxygens (including phenoxy) is 2. The van der Waals surface area contributed by atoms with Gasteiger partial charge in [-0.15, -0.1) is 0 Å². The summed E-state index contributed by atoms with van der Waals surface area (Å²) < 4.78 is 11.0. The van der Waals surface area contributed by atoms with Gasteiger partial charge in [-0.3, -0.25) is 0 Å². The van der Waals surface area contributed by atoms with Crippen molar-refractivity contribution in [1.82, 2.24) is 10.2 Å². The van der Waals surface area contributed by atoms with E-state index < -0.39 is 0 Å². The second kappa shape index (κ2) is 8.92. The number of benzene rings is 1. The van der Waals surface area contributed by atoms with Crippen LogP contribution in [-0.2, 0) is 24.2 Å². The van der Waals surface area contributed by atoms with Crippen LogP contribution in [0, 0.1) is 0 Å². The summed E-state index contributed by atoms with van der Waals surface area (Å²) >= 11 is 0. The fraction of sp³-hybridized carbons (Fsp3) is 0.632. The van der Waals surface area contributed by atoms with Crippen LogP contribution >= 0.6 is 0 Å². The lowest BCUT2D eigenvalue weighted by Gasteiger charge is -2.34. The van der Waals surface area contributed by atoms with E-state index in [4.69, 9.17) is 9.47 Å². The topological polar surface area (TPSA) is 50.8 Å². The van der Waals surface area contributed by atoms with E-state index in [2.05, 4.69) is 31.3 Å². The Labute approximate surface area is 145 Å². The Morgan fingerprint density at radius 2 is 2.04 bits per heavy atom. The van der Waals surface area contributed by atoms with E-state index in [1.807, 2.05) is 13.8 Å². The average molecular weight is 334 g/mol. The molecule has 134 valence electrons. The van der Waals surface area contributed by atoms with Crippen molar-refractivity contribution in [2.24, 2.45) is 0 Å². The number of carbonyl (C=O) groups excluding carboxylic acids is 1. The van der Waals surface area contributed by atoms with Crippen molar-refractivity contribution in [2.45, 2.75) is 59.7 Å². The van der Waals surface area contributed by atoms with Crippen molar-refractivity contribution < 1.29 is 14.3 Å². The average Bonchev–Trinajstić information content (AvgIpc) is 2.55. The van der Waals surface area contributed by atoms with Crippen LogP contribution in [0.15, 0.2) is 12.1 Å². The number of fused-ring (bicyclic) bond motifs is 1. The third-order valence-corrected chi connectivity index (χ3v) is 4.32. The Hall–Kier alpha value is -1.75. The quantitative estimate of drug-likeness (QED) is 0.776. The molecule has 0 bridgehead atoms. The molecular weight excluding hydrogens is 304 g/mol. The molecule has 0 aliphatic carbocycles. The maximum absolute atomic E-state index is 12.1. The van der Waals surface area contributed by atoms with Gasteiger partial charge in [-0.2, -0.15) is 0 Å². The van der Waals surface area contributed by atoms with Crippen molar-refractivity contribution in [2.75, 3.05) is 19.8 Å². The van der Waals surface area contributed by atoms with Gasteiger partial charge >= 0.3 is 6.09 Å². The lowest BCUT2D eigenvalue weighted by Crippen LogP contribution is -2.43. The van der Waals surface area contributed by atoms with Crippen LogP contribution in [0.4, 0.5) is 4.79 Å². The summed E-state index contributed by atoms with van der Waals surface area (Å²) in [5, 5.41) is 3.45. The minimum atomic E-state index is -0.234. The first-order valence-corrected chi connectivity index (χ1v) is 9.02. The monoisotopic (exact) mass is 334 g/mol. The summed E-state index contributed by atoms with van der Waals surface area (Å²) in [6.07, 6.45) is 1.73. The molecular formula is C19H30N2O3. The highest BCUT2D eigenvalue weighted by Crippen LogP contribution is 2.30. The number of nitrogens with zero attached hydrogens (tertiary/aromatic N) is 1. The molecule has 1 N–H and O–H groups in total. The van der Waals surface area contributed by atoms with E-state index in [0.717, 1.165) is 37.2 Å². The summed E-state index contributed by atoms with van der Waals surface area (Å²) in [5.41, 5.74) is 3.66. The highest BCUT2D eigenvalue weighted by atomic mass is 16.6. The predicted molar refractivity (Wildman–Crippen MR) is 95.3 cm³/mol. The largest absolute Gasteiger partial charge is 0.494 e. The third-order valence-electron chi connectivity index (χ3n) is 4.32. The van der Waals surface area contributed by atoms with Crippen LogP contribution in [0.5, 0.6) is 5.75 Å². The van der Waals surface area contributed by atoms with Crippen molar-refractivity contribution in [3.05, 3.63) is 28.8 Å². The first kappa shape index (κ1) is 18.6. The van der Waals surface area contributed by atoms with Gasteiger partial charge in [-0.1, -0.05) is 13.0 Å². The molecule has 0 radical (unpaired) electrons. The summed E-state index contributed by atoms with van der Waals surface area (Å²) in [6, 6.07) is 4.48. The van der Waals surface area contributed by atoms with Crippen LogP contribution < -0.4 is 10.1 Å². The highest BCUT2D eigenvalue weighted by molar-refractivity contribution is 5.68. The molecule has 1 aromatic carbocycles. The molecule has 1 atom stereocenters. The lowest BCUT2D eigenvalue weighted by molar-refractivity contribution is 0.0861. The van der Waals surface area contributed by atoms with Gasteiger partial charge in [0.2, 0.25) is 0 Å². The van der Waals surface area contributed by atoms with E-state index in [9.17, 15) is 4.79 Å². The number of carbonyl (C=O) groups is 1. The van der Waals surface area contributed by atoms with Crippen molar-refractivity contribution >= 4 is 6.09 Å². The van der Waals surface area contributed by atoms with Gasteiger partial charge in [0.15, 0.2) is 0 Å². The lowest BCUT2D eigenvalue weighted by atomic mass is 9.92. The van der Waals surface area contributed by atoms with E-state index >= 15 is 0 Å². The molecule has 0 spiro atoms. The molecule has 5 nitrogen and oxygen atoms in total. The minimum absolute atomic E-state index is 0.144. The van der Waals surface area contributed by atoms with Crippen LogP contribution in [-0.4, -0.2) is 36.8 Å². The van der Waals surface area contributed by atoms with E-state index in [-0.39, 0.29) is 12.1 Å². The number of nitrogens with one attached hydrogen (secondary N) is 1. The third kappa shape index (κ3) is 4.41. The Kier molecular flexibility index (Phi) is 6.91. The van der Waals surface area contributed by atoms with Gasteiger partial charge in [-0.25, -0.2) is 4.79 Å². The first-order valence-electron chi connectivity index (χ1n) is 9.02. The maximum Gasteiger partial charge on any atom is 0.410 e. The summed E-state index contributed by atoms with van der Waals surface area (Å²) in [7, 11) is 0. The number of hydrogen-bond acceptors (Lipinski definition) is 4. The molecule has 5 heteroatoms. The summed E-state index contributed by atoms with van der Waals surface area (Å²) in [4.78, 5) is 13.9. The zero-order chi connectivity index (χ0) is 17.5. The first-order chi connectivity index (χ1) is 11.6. The van der Waals surface area contributed by atoms with E-state index in [1.165, 1.54) is 11.1 Å². The zero-order valence-electron chi connectivity index (χ0n) is 15.4. The smallest absolute Gasteiger partial charge is 0.410 e. The fourth-order valence-electron chi connectivity index (χ4n) is 3.10. The zero-order valence-corrected chi connectivity index (χ0v) is 15.4. The Bertz CT molecular complexity index is 560. The molecule has 2 rings (SSSR count). The SMILES string of the molecule is CCCNCc1cc2c(cc1OCC)CN(C(=O)OCC)C(C)C2. The second-order valence-electron chi connectivity index (χ2n) is 6.22. The molecule has 1 aliphatic heterocycles. The van der Waals surface area contributed by atoms with Crippen LogP contribution in [0.2, 0.25) is 0 Å². The number of amides is 1. The van der Waals surface area contributed by atoms with Crippen molar-refractivity contribution in [3.63, 3.8) is 0 Å². The standard InChI is InChI=1S/C19H30N2O3/c1-5-8-20-12-16-10-15-9-14(4)21(19(22)24-7-3)13-17(15)11-18(16)23-6-2/h10-11,14,20H,5-9,12-13H2,1-4H3. The van der Waals surface area contributed by atoms with Gasteiger partial charge in [0.1, 0.15) is 5.75 Å². The van der Waals surface area contributed by atoms with Gasteiger partial charge < -0.3 is 19.7 Å². The van der Waals surface area contributed by atoms with E-state index in [1.54, 1.807) is 4.90 Å². The maximum atomic E-state index is 12.1. The Morgan fingerprint density at radius 3 is 2.71 bits per heavy atom. The Balaban J connectivity index is 2.23. The summed E-state index contributed by atoms with van der Waals surface area (Å²) in [5.74, 6) is 0.915. The number of hydrogen-bond donors (Lipinski definition) is 1. The molecule has 0 aromatic heterocycles.